The van der Waals surface area contributed by atoms with Gasteiger partial charge < -0.3 is 25.0 Å². The number of alkyl carbamates (subject to hydrolysis) is 1. The van der Waals surface area contributed by atoms with Crippen LogP contribution in [0.15, 0.2) is 60.7 Å². The van der Waals surface area contributed by atoms with E-state index in [1.54, 1.807) is 70.7 Å². The van der Waals surface area contributed by atoms with Crippen LogP contribution in [0.3, 0.4) is 0 Å². The van der Waals surface area contributed by atoms with Gasteiger partial charge in [0.2, 0.25) is 5.91 Å². The van der Waals surface area contributed by atoms with Gasteiger partial charge in [0.15, 0.2) is 5.78 Å². The Morgan fingerprint density at radius 3 is 2.08 bits per heavy atom. The first-order valence-corrected chi connectivity index (χ1v) is 16.8. The summed E-state index contributed by atoms with van der Waals surface area (Å²) in [5.74, 6) is -1.38. The third-order valence-corrected chi connectivity index (χ3v) is 7.64. The van der Waals surface area contributed by atoms with E-state index in [2.05, 4.69) is 16.0 Å². The average molecular weight is 665 g/mol. The molecule has 1 aliphatic rings. The van der Waals surface area contributed by atoms with E-state index in [0.29, 0.717) is 50.8 Å². The first kappa shape index (κ1) is 38.2. The van der Waals surface area contributed by atoms with Crippen molar-refractivity contribution in [3.8, 4) is 0 Å². The molecule has 1 fully saturated rings. The fraction of sp³-hybridized carbons (Fsp3) is 0.541. The normalized spacial score (nSPS) is 16.0. The van der Waals surface area contributed by atoms with Gasteiger partial charge in [0, 0.05) is 18.7 Å². The van der Waals surface area contributed by atoms with Gasteiger partial charge in [-0.3, -0.25) is 19.7 Å². The number of carbonyl (C=O) groups excluding carboxylic acids is 5. The number of Topliss-reactive ketones (excluding diaryl/α,β-unsaturated/α-hetero) is 1. The van der Waals surface area contributed by atoms with E-state index in [9.17, 15) is 24.0 Å². The molecule has 2 aromatic carbocycles. The number of ether oxygens (including phenoxy) is 2. The molecule has 1 saturated heterocycles. The van der Waals surface area contributed by atoms with Crippen molar-refractivity contribution in [1.29, 1.82) is 0 Å². The van der Waals surface area contributed by atoms with Gasteiger partial charge in [-0.15, -0.1) is 0 Å². The second kappa shape index (κ2) is 17.8. The third-order valence-electron chi connectivity index (χ3n) is 7.64. The summed E-state index contributed by atoms with van der Waals surface area (Å²) >= 11 is 0. The Morgan fingerprint density at radius 2 is 1.46 bits per heavy atom. The minimum atomic E-state index is -0.845. The smallest absolute Gasteiger partial charge is 0.407 e. The molecule has 0 saturated carbocycles. The number of hydrogen-bond acceptors (Lipinski definition) is 8. The van der Waals surface area contributed by atoms with Crippen molar-refractivity contribution in [3.63, 3.8) is 0 Å². The molecule has 262 valence electrons. The van der Waals surface area contributed by atoms with Crippen LogP contribution < -0.4 is 16.0 Å². The van der Waals surface area contributed by atoms with E-state index in [1.807, 2.05) is 36.4 Å². The van der Waals surface area contributed by atoms with Crippen LogP contribution in [0, 0.1) is 0 Å². The molecule has 0 aromatic heterocycles. The van der Waals surface area contributed by atoms with Gasteiger partial charge in [0.25, 0.3) is 5.91 Å². The summed E-state index contributed by atoms with van der Waals surface area (Å²) in [6.45, 7) is 11.3. The summed E-state index contributed by atoms with van der Waals surface area (Å²) in [4.78, 5) is 67.4. The van der Waals surface area contributed by atoms with Gasteiger partial charge in [-0.2, -0.15) is 0 Å². The number of nitrogens with zero attached hydrogens (tertiary/aromatic N) is 1. The summed E-state index contributed by atoms with van der Waals surface area (Å²) in [7, 11) is 0. The number of nitrogens with one attached hydrogen (secondary N) is 3. The summed E-state index contributed by atoms with van der Waals surface area (Å²) in [5.41, 5.74) is 0.00719. The molecule has 3 N–H and O–H groups in total. The second-order valence-electron chi connectivity index (χ2n) is 14.1. The maximum atomic E-state index is 14.0. The van der Waals surface area contributed by atoms with Crippen LogP contribution in [-0.4, -0.2) is 83.5 Å². The Hall–Kier alpha value is -4.25. The number of amides is 3. The van der Waals surface area contributed by atoms with Crippen LogP contribution in [0.25, 0.3) is 0 Å². The lowest BCUT2D eigenvalue weighted by molar-refractivity contribution is -0.163. The fourth-order valence-electron chi connectivity index (χ4n) is 5.41. The zero-order valence-electron chi connectivity index (χ0n) is 29.2. The highest BCUT2D eigenvalue weighted by Gasteiger charge is 2.39. The minimum absolute atomic E-state index is 0.177. The second-order valence-corrected chi connectivity index (χ2v) is 14.1. The largest absolute Gasteiger partial charge is 0.458 e. The molecular formula is C37H52N4O7. The predicted molar refractivity (Wildman–Crippen MR) is 183 cm³/mol. The van der Waals surface area contributed by atoms with Crippen molar-refractivity contribution in [1.82, 2.24) is 20.9 Å². The van der Waals surface area contributed by atoms with E-state index in [-0.39, 0.29) is 30.6 Å². The Balaban J connectivity index is 1.72. The molecule has 11 nitrogen and oxygen atoms in total. The summed E-state index contributed by atoms with van der Waals surface area (Å²) in [6, 6.07) is 15.8. The minimum Gasteiger partial charge on any atom is -0.458 e. The molecule has 48 heavy (non-hydrogen) atoms. The summed E-state index contributed by atoms with van der Waals surface area (Å²) in [6.07, 6.45) is 2.40. The molecule has 3 rings (SSSR count). The van der Waals surface area contributed by atoms with Crippen molar-refractivity contribution < 1.29 is 33.4 Å². The quantitative estimate of drug-likeness (QED) is 0.186. The zero-order valence-corrected chi connectivity index (χ0v) is 29.2. The van der Waals surface area contributed by atoms with Gasteiger partial charge >= 0.3 is 12.1 Å². The van der Waals surface area contributed by atoms with Crippen LogP contribution in [0.2, 0.25) is 0 Å². The standard InChI is InChI=1S/C37H52N4O7/c1-36(2,3)47-34(45)30-21-15-23-41(30)33(44)28(20-13-14-22-38-35(46)48-37(4,5)6)39-25-31(42)29(24-26-16-9-7-10-17-26)40-32(43)27-18-11-8-12-19-27/h7-12,16-19,28-30,39H,13-15,20-25H2,1-6H3,(H,38,46)(H,40,43)/t28-,29?,30-/m0/s1. The number of rotatable bonds is 15. The van der Waals surface area contributed by atoms with Crippen LogP contribution in [-0.2, 0) is 30.3 Å². The van der Waals surface area contributed by atoms with E-state index >= 15 is 0 Å². The molecular weight excluding hydrogens is 612 g/mol. The first-order valence-electron chi connectivity index (χ1n) is 16.8. The fourth-order valence-corrected chi connectivity index (χ4v) is 5.41. The Bertz CT molecular complexity index is 1370. The van der Waals surface area contributed by atoms with Crippen LogP contribution in [0.1, 0.15) is 89.6 Å². The molecule has 1 aliphatic heterocycles. The van der Waals surface area contributed by atoms with Crippen molar-refractivity contribution >= 4 is 29.7 Å². The molecule has 3 atom stereocenters. The van der Waals surface area contributed by atoms with Crippen molar-refractivity contribution in [2.24, 2.45) is 0 Å². The lowest BCUT2D eigenvalue weighted by Gasteiger charge is -2.30. The van der Waals surface area contributed by atoms with Crippen molar-refractivity contribution in [2.45, 2.75) is 109 Å². The van der Waals surface area contributed by atoms with Gasteiger partial charge in [-0.05, 0) is 97.8 Å². The monoisotopic (exact) mass is 664 g/mol. The molecule has 0 aliphatic carbocycles. The topological polar surface area (TPSA) is 143 Å². The summed E-state index contributed by atoms with van der Waals surface area (Å²) in [5, 5.41) is 8.77. The Morgan fingerprint density at radius 1 is 0.833 bits per heavy atom. The number of hydrogen-bond donors (Lipinski definition) is 3. The SMILES string of the molecule is CC(C)(C)OC(=O)NCCCC[C@H](NCC(=O)C(Cc1ccccc1)NC(=O)c1ccccc1)C(=O)N1CCC[C@H]1C(=O)OC(C)(C)C. The van der Waals surface area contributed by atoms with Gasteiger partial charge in [0.1, 0.15) is 17.2 Å². The number of carbonyl (C=O) groups is 5. The highest BCUT2D eigenvalue weighted by atomic mass is 16.6. The predicted octanol–water partition coefficient (Wildman–Crippen LogP) is 4.58. The van der Waals surface area contributed by atoms with Crippen LogP contribution in [0.5, 0.6) is 0 Å². The van der Waals surface area contributed by atoms with E-state index in [0.717, 1.165) is 5.56 Å². The lowest BCUT2D eigenvalue weighted by atomic mass is 10.0. The van der Waals surface area contributed by atoms with Crippen LogP contribution >= 0.6 is 0 Å². The molecule has 11 heteroatoms. The molecule has 0 bridgehead atoms. The number of ketones is 1. The Labute approximate surface area is 284 Å². The molecule has 0 spiro atoms. The highest BCUT2D eigenvalue weighted by molar-refractivity contribution is 5.98. The lowest BCUT2D eigenvalue weighted by Crippen LogP contribution is -2.53. The highest BCUT2D eigenvalue weighted by Crippen LogP contribution is 2.23. The first-order chi connectivity index (χ1) is 22.6. The number of likely N-dealkylation sites (tertiary alicyclic amines) is 1. The Kier molecular flexibility index (Phi) is 14.1. The maximum absolute atomic E-state index is 14.0. The molecule has 1 heterocycles. The van der Waals surface area contributed by atoms with Gasteiger partial charge in [-0.1, -0.05) is 48.5 Å². The average Bonchev–Trinajstić information content (AvgIpc) is 3.51. The number of unbranched alkanes of at least 4 members (excludes halogenated alkanes) is 1. The van der Waals surface area contributed by atoms with Gasteiger partial charge in [0.05, 0.1) is 18.6 Å². The summed E-state index contributed by atoms with van der Waals surface area (Å²) < 4.78 is 10.9. The number of esters is 1. The van der Waals surface area contributed by atoms with E-state index < -0.39 is 41.4 Å². The van der Waals surface area contributed by atoms with Gasteiger partial charge in [-0.25, -0.2) is 9.59 Å². The number of benzene rings is 2. The molecule has 2 aromatic rings. The molecule has 1 unspecified atom stereocenters. The third kappa shape index (κ3) is 13.1. The molecule has 3 amide bonds. The van der Waals surface area contributed by atoms with E-state index in [4.69, 9.17) is 9.47 Å². The maximum Gasteiger partial charge on any atom is 0.407 e. The van der Waals surface area contributed by atoms with E-state index in [1.165, 1.54) is 0 Å². The van der Waals surface area contributed by atoms with Crippen molar-refractivity contribution in [3.05, 3.63) is 71.8 Å². The van der Waals surface area contributed by atoms with Crippen LogP contribution in [0.4, 0.5) is 4.79 Å². The van der Waals surface area contributed by atoms with Crippen molar-refractivity contribution in [2.75, 3.05) is 19.6 Å². The zero-order chi connectivity index (χ0) is 35.3. The molecule has 0 radical (unpaired) electrons.